The van der Waals surface area contributed by atoms with E-state index in [0.29, 0.717) is 23.7 Å². The van der Waals surface area contributed by atoms with Crippen molar-refractivity contribution in [1.82, 2.24) is 33.3 Å². The second-order valence-electron chi connectivity index (χ2n) is 26.4. The Morgan fingerprint density at radius 2 is 1.32 bits per heavy atom. The number of aryl methyl sites for hydroxylation is 2. The maximum Gasteiger partial charge on any atom is 0.242 e. The zero-order chi connectivity index (χ0) is 65.0. The molecular weight excluding hydrogens is 1180 g/mol. The number of rotatable bonds is 15. The summed E-state index contributed by atoms with van der Waals surface area (Å²) in [7, 11) is -0.368. The van der Waals surface area contributed by atoms with Gasteiger partial charge in [0, 0.05) is 106 Å². The van der Waals surface area contributed by atoms with E-state index in [0.717, 1.165) is 136 Å². The Bertz CT molecular complexity index is 4650. The molecule has 1 N–H and O–H groups in total. The van der Waals surface area contributed by atoms with E-state index in [4.69, 9.17) is 4.74 Å². The van der Waals surface area contributed by atoms with Gasteiger partial charge in [-0.1, -0.05) is 141 Å². The number of Topliss-reactive ketones (excluding diaryl/α,β-unsaturated/α-hetero) is 2. The van der Waals surface area contributed by atoms with Gasteiger partial charge in [-0.15, -0.1) is 0 Å². The number of H-pyrrole nitrogens is 1. The van der Waals surface area contributed by atoms with Crippen molar-refractivity contribution in [2.45, 2.75) is 115 Å². The van der Waals surface area contributed by atoms with Crippen molar-refractivity contribution < 1.29 is 22.7 Å². The number of carbonyl (C=O) groups is 2. The third-order valence-corrected chi connectivity index (χ3v) is 21.8. The van der Waals surface area contributed by atoms with Crippen molar-refractivity contribution in [3.63, 3.8) is 0 Å². The van der Waals surface area contributed by atoms with Crippen LogP contribution in [0.3, 0.4) is 0 Å². The van der Waals surface area contributed by atoms with Gasteiger partial charge in [-0.3, -0.25) is 28.5 Å². The van der Waals surface area contributed by atoms with E-state index < -0.39 is 10.0 Å². The molecule has 5 aromatic heterocycles. The van der Waals surface area contributed by atoms with Crippen LogP contribution in [0.1, 0.15) is 154 Å². The molecule has 1 saturated carbocycles. The molecule has 1 atom stereocenters. The van der Waals surface area contributed by atoms with Crippen molar-refractivity contribution in [3.8, 4) is 22.5 Å². The van der Waals surface area contributed by atoms with Gasteiger partial charge in [0.1, 0.15) is 11.3 Å². The fraction of sp³-hybridized carbons (Fsp3) is 0.300. The molecule has 478 valence electrons. The van der Waals surface area contributed by atoms with Crippen LogP contribution in [-0.2, 0) is 40.4 Å². The highest BCUT2D eigenvalue weighted by atomic mass is 32.2. The summed E-state index contributed by atoms with van der Waals surface area (Å²) in [6.07, 6.45) is 31.3. The number of aromatic amines is 1. The predicted molar refractivity (Wildman–Crippen MR) is 375 cm³/mol. The van der Waals surface area contributed by atoms with Gasteiger partial charge in [0.05, 0.1) is 28.2 Å². The molecule has 3 aliphatic carbocycles. The van der Waals surface area contributed by atoms with Crippen molar-refractivity contribution in [1.29, 1.82) is 0 Å². The topological polar surface area (TPSA) is 156 Å². The minimum atomic E-state index is -3.43. The highest BCUT2D eigenvalue weighted by Gasteiger charge is 2.30. The van der Waals surface area contributed by atoms with Gasteiger partial charge < -0.3 is 4.74 Å². The van der Waals surface area contributed by atoms with E-state index in [2.05, 4.69) is 146 Å². The van der Waals surface area contributed by atoms with E-state index in [-0.39, 0.29) is 17.5 Å². The van der Waals surface area contributed by atoms with Gasteiger partial charge in [-0.2, -0.15) is 5.10 Å². The molecule has 15 rings (SSSR count). The van der Waals surface area contributed by atoms with Crippen LogP contribution in [0.2, 0.25) is 0 Å². The molecule has 1 saturated heterocycles. The van der Waals surface area contributed by atoms with Crippen LogP contribution in [0, 0.1) is 24.7 Å². The van der Waals surface area contributed by atoms with Crippen molar-refractivity contribution in [2.24, 2.45) is 22.7 Å². The lowest BCUT2D eigenvalue weighted by atomic mass is 9.75. The first-order valence-electron chi connectivity index (χ1n) is 33.2. The number of fused-ring (bicyclic) bond motifs is 4. The first kappa shape index (κ1) is 63.5. The summed E-state index contributed by atoms with van der Waals surface area (Å²) in [6.45, 7) is 10.3. The van der Waals surface area contributed by atoms with E-state index in [9.17, 15) is 18.0 Å². The smallest absolute Gasteiger partial charge is 0.242 e. The fourth-order valence-corrected chi connectivity index (χ4v) is 15.4. The summed E-state index contributed by atoms with van der Waals surface area (Å²) in [5.41, 5.74) is 24.0. The number of allylic oxidation sites excluding steroid dienone is 5. The van der Waals surface area contributed by atoms with Crippen LogP contribution in [0.25, 0.3) is 39.4 Å². The third kappa shape index (κ3) is 13.6. The van der Waals surface area contributed by atoms with Gasteiger partial charge in [0.15, 0.2) is 11.6 Å². The maximum atomic E-state index is 12.3. The average Bonchev–Trinajstić information content (AvgIpc) is 1.59. The fourth-order valence-electron chi connectivity index (χ4n) is 14.5. The first-order chi connectivity index (χ1) is 45.6. The number of imidazole rings is 2. The lowest BCUT2D eigenvalue weighted by molar-refractivity contribution is 0.0852. The summed E-state index contributed by atoms with van der Waals surface area (Å²) in [6, 6.07) is 45.9. The van der Waals surface area contributed by atoms with Crippen molar-refractivity contribution in [3.05, 3.63) is 267 Å². The van der Waals surface area contributed by atoms with Crippen LogP contribution in [-0.4, -0.2) is 86.3 Å². The summed E-state index contributed by atoms with van der Waals surface area (Å²) in [4.78, 5) is 37.8. The van der Waals surface area contributed by atoms with Gasteiger partial charge in [0.25, 0.3) is 0 Å². The summed E-state index contributed by atoms with van der Waals surface area (Å²) < 4.78 is 35.7. The Labute approximate surface area is 552 Å². The molecule has 0 spiro atoms. The zero-order valence-electron chi connectivity index (χ0n) is 54.6. The molecule has 5 aliphatic rings. The Hall–Kier alpha value is -9.21. The standard InChI is InChI=1S/C28H28N2O2.C26H30N4.C26H24N2O3S/c1-19-17-21(3-9-26(19)23-11-15-32-16-12-23)18-25-8-10-27(30-14-13-29-28(25)30)24-6-4-22(5-7-24)20(2)31;1-18(2)20-7-9-22(10-8-20)21-5-3-19(4-6-21)15-23-11-12-25(24-16-28-29-17-24)30-14-13-27-26(23)30;1-28(2)32(30,31)21-8-3-17(4-9-21)15-20-6-10-22(24-13-14-27-26(20)24)18-5-11-23-19(16-18)7-12-25(23)29/h3-10,13-14,17,23H,11-12,15-16,18H2,1-2H3;3-6,11-14,16-18,20,22H,7-10,15H2,1-2H3,(H,28,29);3-6,8-11,13-14,16,24H,7,12,15H2,1-2H3. The van der Waals surface area contributed by atoms with Gasteiger partial charge in [-0.05, 0) is 185 Å². The number of hydrogen-bond donors (Lipinski definition) is 1. The van der Waals surface area contributed by atoms with Gasteiger partial charge >= 0.3 is 0 Å². The number of ketones is 2. The Morgan fingerprint density at radius 1 is 0.681 bits per heavy atom. The molecule has 0 amide bonds. The van der Waals surface area contributed by atoms with Gasteiger partial charge in [0.2, 0.25) is 10.0 Å². The van der Waals surface area contributed by atoms with Gasteiger partial charge in [-0.25, -0.2) is 22.7 Å². The van der Waals surface area contributed by atoms with Crippen LogP contribution in [0.5, 0.6) is 0 Å². The molecule has 0 radical (unpaired) electrons. The van der Waals surface area contributed by atoms with E-state index in [1.54, 1.807) is 19.1 Å². The van der Waals surface area contributed by atoms with Crippen LogP contribution < -0.4 is 0 Å². The lowest BCUT2D eigenvalue weighted by Gasteiger charge is -2.31. The second kappa shape index (κ2) is 27.8. The molecule has 5 aromatic carbocycles. The Kier molecular flexibility index (Phi) is 18.8. The number of sulfonamides is 1. The summed E-state index contributed by atoms with van der Waals surface area (Å²) in [5, 5.41) is 6.98. The minimum absolute atomic E-state index is 0.0813. The predicted octanol–water partition coefficient (Wildman–Crippen LogP) is 16.5. The molecule has 7 heterocycles. The lowest BCUT2D eigenvalue weighted by Crippen LogP contribution is -2.22. The maximum absolute atomic E-state index is 12.3. The van der Waals surface area contributed by atoms with E-state index in [1.165, 1.54) is 88.6 Å². The molecule has 94 heavy (non-hydrogen) atoms. The summed E-state index contributed by atoms with van der Waals surface area (Å²) in [5.74, 6) is 3.51. The van der Waals surface area contributed by atoms with Crippen molar-refractivity contribution >= 4 is 44.2 Å². The molecule has 13 nitrogen and oxygen atoms in total. The van der Waals surface area contributed by atoms with E-state index in [1.807, 2.05) is 91.9 Å². The number of pyridine rings is 2. The Balaban J connectivity index is 0.000000128. The van der Waals surface area contributed by atoms with Crippen LogP contribution >= 0.6 is 0 Å². The first-order valence-corrected chi connectivity index (χ1v) is 34.7. The number of aliphatic imine (C=N–C) groups is 1. The molecule has 2 fully saturated rings. The van der Waals surface area contributed by atoms with E-state index >= 15 is 0 Å². The molecular formula is C80H82N8O5S. The average molecular weight is 1270 g/mol. The molecule has 1 unspecified atom stereocenters. The number of hydrogen-bond acceptors (Lipinski definition) is 9. The number of ether oxygens (including phenoxy) is 1. The third-order valence-electron chi connectivity index (χ3n) is 20.0. The van der Waals surface area contributed by atoms with Crippen LogP contribution in [0.4, 0.5) is 0 Å². The Morgan fingerprint density at radius 3 is 1.96 bits per heavy atom. The highest BCUT2D eigenvalue weighted by Crippen LogP contribution is 2.41. The normalized spacial score (nSPS) is 17.9. The molecule has 10 aromatic rings. The minimum Gasteiger partial charge on any atom is -0.381 e. The zero-order valence-corrected chi connectivity index (χ0v) is 55.5. The quantitative estimate of drug-likeness (QED) is 0.0994. The second-order valence-corrected chi connectivity index (χ2v) is 28.6. The number of aromatic nitrogens is 6. The SMILES string of the molecule is CC(=O)c1ccc(-c2ccc(Cc3ccc(C4CCOCC4)c(C)c3)c3nccn23)cc1.CC(C)C1CCC(c2ccc(Cc3ccc(-c4cn[nH]c4)n4ccnc34)cc2)CC1.CN(C)S(=O)(=O)c1ccc(CC2=CC=C(c3ccc4c(c3)CCC4=O)C3C=CN=C23)cc1. The summed E-state index contributed by atoms with van der Waals surface area (Å²) >= 11 is 0. The molecule has 0 bridgehead atoms. The van der Waals surface area contributed by atoms with Crippen molar-refractivity contribution in [2.75, 3.05) is 27.3 Å². The highest BCUT2D eigenvalue weighted by molar-refractivity contribution is 7.89. The number of benzene rings is 5. The molecule has 2 aliphatic heterocycles. The monoisotopic (exact) mass is 1270 g/mol. The number of nitrogens with one attached hydrogen (secondary N) is 1. The number of carbonyl (C=O) groups excluding carboxylic acids is 2. The number of nitrogens with zero attached hydrogens (tertiary/aromatic N) is 7. The van der Waals surface area contributed by atoms with Crippen LogP contribution in [0.15, 0.2) is 211 Å². The largest absolute Gasteiger partial charge is 0.381 e. The molecule has 14 heteroatoms.